The lowest BCUT2D eigenvalue weighted by Crippen LogP contribution is -2.23. The van der Waals surface area contributed by atoms with Crippen LogP contribution in [0.15, 0.2) is 103 Å². The van der Waals surface area contributed by atoms with Gasteiger partial charge in [0.05, 0.1) is 40.5 Å². The van der Waals surface area contributed by atoms with Crippen LogP contribution in [0.5, 0.6) is 0 Å². The molecule has 42 heavy (non-hydrogen) atoms. The zero-order valence-electron chi connectivity index (χ0n) is 22.2. The molecule has 0 saturated carbocycles. The number of para-hydroxylation sites is 1. The molecule has 0 fully saturated rings. The molecule has 7 nitrogen and oxygen atoms in total. The van der Waals surface area contributed by atoms with Crippen molar-refractivity contribution in [2.45, 2.75) is 13.1 Å². The first-order chi connectivity index (χ1) is 20.4. The smallest absolute Gasteiger partial charge is 0.335 e. The van der Waals surface area contributed by atoms with Gasteiger partial charge in [0.15, 0.2) is 0 Å². The largest absolute Gasteiger partial charge is 0.478 e. The lowest BCUT2D eigenvalue weighted by molar-refractivity contribution is 0.0696. The van der Waals surface area contributed by atoms with E-state index in [1.165, 1.54) is 18.2 Å². The zero-order valence-corrected chi connectivity index (χ0v) is 22.2. The van der Waals surface area contributed by atoms with Crippen LogP contribution in [0.25, 0.3) is 32.9 Å². The molecule has 4 aromatic carbocycles. The number of carboxylic acid groups (broad SMARTS) is 1. The number of aromatic nitrogens is 2. The molecule has 0 aliphatic carbocycles. The lowest BCUT2D eigenvalue weighted by atomic mass is 9.99. The molecule has 0 radical (unpaired) electrons. The van der Waals surface area contributed by atoms with Crippen LogP contribution in [0, 0.1) is 17.1 Å². The first-order valence-electron chi connectivity index (χ1n) is 13.2. The van der Waals surface area contributed by atoms with E-state index in [0.29, 0.717) is 39.8 Å². The predicted molar refractivity (Wildman–Crippen MR) is 157 cm³/mol. The van der Waals surface area contributed by atoms with Crippen LogP contribution in [-0.2, 0) is 13.1 Å². The Hall–Kier alpha value is -5.81. The van der Waals surface area contributed by atoms with Crippen LogP contribution in [0.3, 0.4) is 0 Å². The fourth-order valence-electron chi connectivity index (χ4n) is 5.01. The van der Waals surface area contributed by atoms with Crippen molar-refractivity contribution in [3.8, 4) is 17.2 Å². The van der Waals surface area contributed by atoms with Gasteiger partial charge in [0.25, 0.3) is 5.91 Å². The molecule has 0 saturated heterocycles. The summed E-state index contributed by atoms with van der Waals surface area (Å²) in [5.74, 6) is -1.72. The number of amides is 1. The molecular weight excluding hydrogens is 531 g/mol. The van der Waals surface area contributed by atoms with E-state index in [1.807, 2.05) is 59.3 Å². The van der Waals surface area contributed by atoms with Gasteiger partial charge in [0, 0.05) is 23.5 Å². The third kappa shape index (κ3) is 5.19. The van der Waals surface area contributed by atoms with Gasteiger partial charge >= 0.3 is 5.97 Å². The Morgan fingerprint density at radius 2 is 1.69 bits per heavy atom. The number of aromatic carboxylic acids is 1. The van der Waals surface area contributed by atoms with Gasteiger partial charge in [-0.15, -0.1) is 0 Å². The second kappa shape index (κ2) is 11.0. The summed E-state index contributed by atoms with van der Waals surface area (Å²) in [5, 5.41) is 22.8. The molecular formula is C34H23FN4O3. The summed E-state index contributed by atoms with van der Waals surface area (Å²) in [6, 6.07) is 29.8. The number of carboxylic acids is 1. The first kappa shape index (κ1) is 26.4. The molecule has 0 unspecified atom stereocenters. The van der Waals surface area contributed by atoms with E-state index in [-0.39, 0.29) is 18.0 Å². The van der Waals surface area contributed by atoms with Crippen molar-refractivity contribution >= 4 is 33.7 Å². The number of hydrogen-bond donors (Lipinski definition) is 2. The van der Waals surface area contributed by atoms with E-state index >= 15 is 0 Å². The Morgan fingerprint density at radius 3 is 2.43 bits per heavy atom. The average molecular weight is 555 g/mol. The molecule has 0 spiro atoms. The lowest BCUT2D eigenvalue weighted by Gasteiger charge is -2.13. The van der Waals surface area contributed by atoms with Crippen LogP contribution in [-0.4, -0.2) is 26.5 Å². The maximum atomic E-state index is 14.4. The second-order valence-electron chi connectivity index (χ2n) is 9.89. The highest BCUT2D eigenvalue weighted by Gasteiger charge is 2.17. The summed E-state index contributed by atoms with van der Waals surface area (Å²) in [5.41, 5.74) is 5.20. The Labute approximate surface area is 240 Å². The van der Waals surface area contributed by atoms with Gasteiger partial charge in [-0.1, -0.05) is 42.5 Å². The standard InChI is InChI=1S/C34H23FN4O3/c35-30-3-1-2-24-12-13-28(38-31(24)30)20-39-15-14-26-16-27(23-8-4-21(18-36)5-9-23)17-29(32(26)39)33(40)37-19-22-6-10-25(11-7-22)34(41)42/h1-17H,19-20H2,(H,37,40)(H,41,42). The number of carbonyl (C=O) groups excluding carboxylic acids is 1. The predicted octanol–water partition coefficient (Wildman–Crippen LogP) is 6.54. The maximum Gasteiger partial charge on any atom is 0.335 e. The van der Waals surface area contributed by atoms with Gasteiger partial charge in [0.1, 0.15) is 11.3 Å². The fraction of sp³-hybridized carbons (Fsp3) is 0.0588. The van der Waals surface area contributed by atoms with Crippen LogP contribution >= 0.6 is 0 Å². The first-order valence-corrected chi connectivity index (χ1v) is 13.2. The van der Waals surface area contributed by atoms with Gasteiger partial charge in [-0.25, -0.2) is 14.2 Å². The number of hydrogen-bond acceptors (Lipinski definition) is 4. The Morgan fingerprint density at radius 1 is 0.905 bits per heavy atom. The number of fused-ring (bicyclic) bond motifs is 2. The summed E-state index contributed by atoms with van der Waals surface area (Å²) >= 11 is 0. The van der Waals surface area contributed by atoms with Crippen molar-refractivity contribution in [3.63, 3.8) is 0 Å². The van der Waals surface area contributed by atoms with E-state index in [9.17, 15) is 19.2 Å². The van der Waals surface area contributed by atoms with Gasteiger partial charge in [-0.3, -0.25) is 4.79 Å². The number of rotatable bonds is 7. The van der Waals surface area contributed by atoms with Crippen LogP contribution in [0.2, 0.25) is 0 Å². The SMILES string of the molecule is N#Cc1ccc(-c2cc(C(=O)NCc3ccc(C(=O)O)cc3)c3c(ccn3Cc3ccc4cccc(F)c4n3)c2)cc1. The number of nitrogens with one attached hydrogen (secondary N) is 1. The number of nitrogens with zero attached hydrogens (tertiary/aromatic N) is 3. The van der Waals surface area contributed by atoms with Gasteiger partial charge < -0.3 is 15.0 Å². The van der Waals surface area contributed by atoms with E-state index in [4.69, 9.17) is 5.11 Å². The van der Waals surface area contributed by atoms with Crippen molar-refractivity contribution in [1.82, 2.24) is 14.9 Å². The minimum absolute atomic E-state index is 0.168. The van der Waals surface area contributed by atoms with Crippen molar-refractivity contribution in [1.29, 1.82) is 5.26 Å². The minimum atomic E-state index is -1.02. The zero-order chi connectivity index (χ0) is 29.2. The van der Waals surface area contributed by atoms with E-state index in [1.54, 1.807) is 30.3 Å². The summed E-state index contributed by atoms with van der Waals surface area (Å²) < 4.78 is 16.4. The molecule has 8 heteroatoms. The molecule has 0 aliphatic heterocycles. The summed E-state index contributed by atoms with van der Waals surface area (Å²) in [4.78, 5) is 29.4. The maximum absolute atomic E-state index is 14.4. The average Bonchev–Trinajstić information content (AvgIpc) is 3.42. The molecule has 6 rings (SSSR count). The number of carbonyl (C=O) groups is 2. The number of halogens is 1. The molecule has 2 heterocycles. The van der Waals surface area contributed by atoms with Crippen LogP contribution in [0.1, 0.15) is 37.5 Å². The van der Waals surface area contributed by atoms with E-state index in [0.717, 1.165) is 22.1 Å². The normalized spacial score (nSPS) is 11.0. The number of benzene rings is 4. The van der Waals surface area contributed by atoms with Crippen molar-refractivity contribution < 1.29 is 19.1 Å². The molecule has 6 aromatic rings. The summed E-state index contributed by atoms with van der Waals surface area (Å²) in [6.45, 7) is 0.522. The minimum Gasteiger partial charge on any atom is -0.478 e. The molecule has 204 valence electrons. The number of pyridine rings is 1. The summed E-state index contributed by atoms with van der Waals surface area (Å²) in [6.07, 6.45) is 1.88. The quantitative estimate of drug-likeness (QED) is 0.233. The Bertz CT molecular complexity index is 2020. The molecule has 0 aliphatic rings. The van der Waals surface area contributed by atoms with Crippen molar-refractivity contribution in [3.05, 3.63) is 137 Å². The molecule has 1 amide bonds. The Balaban J connectivity index is 1.38. The highest BCUT2D eigenvalue weighted by Crippen LogP contribution is 2.30. The van der Waals surface area contributed by atoms with E-state index in [2.05, 4.69) is 16.4 Å². The topological polar surface area (TPSA) is 108 Å². The monoisotopic (exact) mass is 554 g/mol. The molecule has 0 bridgehead atoms. The highest BCUT2D eigenvalue weighted by atomic mass is 19.1. The molecule has 2 aromatic heterocycles. The fourth-order valence-corrected chi connectivity index (χ4v) is 5.01. The second-order valence-corrected chi connectivity index (χ2v) is 9.89. The third-order valence-corrected chi connectivity index (χ3v) is 7.17. The highest BCUT2D eigenvalue weighted by molar-refractivity contribution is 6.08. The van der Waals surface area contributed by atoms with Crippen LogP contribution in [0.4, 0.5) is 4.39 Å². The van der Waals surface area contributed by atoms with Gasteiger partial charge in [-0.2, -0.15) is 5.26 Å². The van der Waals surface area contributed by atoms with Crippen molar-refractivity contribution in [2.75, 3.05) is 0 Å². The van der Waals surface area contributed by atoms with Gasteiger partial charge in [0.2, 0.25) is 0 Å². The Kier molecular flexibility index (Phi) is 6.91. The third-order valence-electron chi connectivity index (χ3n) is 7.17. The van der Waals surface area contributed by atoms with Gasteiger partial charge in [-0.05, 0) is 71.3 Å². The number of nitriles is 1. The van der Waals surface area contributed by atoms with E-state index < -0.39 is 11.8 Å². The molecule has 0 atom stereocenters. The summed E-state index contributed by atoms with van der Waals surface area (Å²) in [7, 11) is 0. The van der Waals surface area contributed by atoms with Crippen molar-refractivity contribution in [2.24, 2.45) is 0 Å². The molecule has 2 N–H and O–H groups in total. The van der Waals surface area contributed by atoms with Crippen LogP contribution < -0.4 is 5.32 Å².